The number of benzene rings is 3. The molecule has 0 saturated carbocycles. The lowest BCUT2D eigenvalue weighted by Gasteiger charge is -2.29. The first-order chi connectivity index (χ1) is 12.0. The lowest BCUT2D eigenvalue weighted by Crippen LogP contribution is -2.17. The van der Waals surface area contributed by atoms with Crippen LogP contribution in [-0.4, -0.2) is 9.79 Å². The Labute approximate surface area is 146 Å². The summed E-state index contributed by atoms with van der Waals surface area (Å²) >= 11 is 0. The van der Waals surface area contributed by atoms with Crippen molar-refractivity contribution >= 4 is 21.5 Å². The molecule has 0 bridgehead atoms. The van der Waals surface area contributed by atoms with Crippen molar-refractivity contribution in [2.45, 2.75) is 0 Å². The highest BCUT2D eigenvalue weighted by molar-refractivity contribution is 7.66. The molecule has 0 fully saturated rings. The van der Waals surface area contributed by atoms with Crippen LogP contribution in [-0.2, 0) is 8.88 Å². The highest BCUT2D eigenvalue weighted by atomic mass is 31.3. The van der Waals surface area contributed by atoms with Crippen LogP contribution in [0.25, 0.3) is 22.3 Å². The molecule has 3 aromatic carbocycles. The van der Waals surface area contributed by atoms with Crippen molar-refractivity contribution < 1.29 is 23.2 Å². The molecule has 0 aromatic heterocycles. The summed E-state index contributed by atoms with van der Waals surface area (Å²) in [7, 11) is -6.68. The molecule has 1 aliphatic rings. The van der Waals surface area contributed by atoms with E-state index < -0.39 is 16.2 Å². The maximum atomic E-state index is 11.5. The van der Waals surface area contributed by atoms with Crippen molar-refractivity contribution in [1.29, 1.82) is 0 Å². The predicted molar refractivity (Wildman–Crippen MR) is 97.6 cm³/mol. The predicted octanol–water partition coefficient (Wildman–Crippen LogP) is 4.46. The smallest absolute Gasteiger partial charge is 0.443 e. The molecule has 5 nitrogen and oxygen atoms in total. The van der Waals surface area contributed by atoms with Gasteiger partial charge in [0.1, 0.15) is 5.75 Å². The minimum atomic E-state index is -4.71. The fraction of sp³-hybridized carbons (Fsp3) is 0. The molecule has 0 spiro atoms. The molecule has 1 atom stereocenters. The molecule has 1 heterocycles. The molecule has 1 unspecified atom stereocenters. The molecule has 2 N–H and O–H groups in total. The highest BCUT2D eigenvalue weighted by Crippen LogP contribution is 2.59. The Morgan fingerprint density at radius 2 is 1.44 bits per heavy atom. The van der Waals surface area contributed by atoms with Gasteiger partial charge in [0.25, 0.3) is 8.38 Å². The van der Waals surface area contributed by atoms with Crippen LogP contribution in [0, 0.1) is 0 Å². The van der Waals surface area contributed by atoms with Crippen LogP contribution in [0.2, 0.25) is 0 Å². The minimum Gasteiger partial charge on any atom is -0.443 e. The third-order valence-electron chi connectivity index (χ3n) is 3.84. The van der Waals surface area contributed by atoms with Crippen molar-refractivity contribution in [2.75, 3.05) is 0 Å². The maximum absolute atomic E-state index is 11.5. The Hall–Kier alpha value is -2.00. The Balaban J connectivity index is 1.96. The quantitative estimate of drug-likeness (QED) is 0.664. The van der Waals surface area contributed by atoms with Crippen LogP contribution in [0.15, 0.2) is 72.8 Å². The first-order valence-corrected chi connectivity index (χ1v) is 10.2. The van der Waals surface area contributed by atoms with Gasteiger partial charge in [-0.05, 0) is 22.8 Å². The van der Waals surface area contributed by atoms with Gasteiger partial charge in [0, 0.05) is 5.56 Å². The summed E-state index contributed by atoms with van der Waals surface area (Å²) in [6.07, 6.45) is 0. The topological polar surface area (TPSA) is 76.0 Å². The lowest BCUT2D eigenvalue weighted by atomic mass is 9.98. The summed E-state index contributed by atoms with van der Waals surface area (Å²) in [4.78, 5) is 18.7. The average Bonchev–Trinajstić information content (AvgIpc) is 2.61. The SMILES string of the molecule is O=P(O)(O)OP1Oc2ccccc2-c2cccc(-c3ccccc3)c21. The van der Waals surface area contributed by atoms with Gasteiger partial charge in [-0.3, -0.25) is 0 Å². The Bertz CT molecular complexity index is 954. The summed E-state index contributed by atoms with van der Waals surface area (Å²) in [5, 5.41) is 0.672. The van der Waals surface area contributed by atoms with Gasteiger partial charge in [0.15, 0.2) is 0 Å². The van der Waals surface area contributed by atoms with E-state index in [1.165, 1.54) is 0 Å². The second-order valence-corrected chi connectivity index (χ2v) is 8.26. The van der Waals surface area contributed by atoms with Gasteiger partial charge in [-0.2, -0.15) is 0 Å². The summed E-state index contributed by atoms with van der Waals surface area (Å²) in [6.45, 7) is 0. The molecular formula is C18H14O5P2. The van der Waals surface area contributed by atoms with Crippen LogP contribution >= 0.6 is 16.2 Å². The standard InChI is InChI=1S/C18H14O5P2/c19-25(20,21)23-24-18-14(13-7-2-1-3-8-13)10-6-11-16(18)15-9-4-5-12-17(15)22-24/h1-12H,(H2,19,20,21). The number of phosphoric acid groups is 1. The first kappa shape index (κ1) is 16.5. The van der Waals surface area contributed by atoms with E-state index in [1.807, 2.05) is 66.7 Å². The summed E-state index contributed by atoms with van der Waals surface area (Å²) in [6, 6.07) is 22.8. The van der Waals surface area contributed by atoms with Gasteiger partial charge >= 0.3 is 7.82 Å². The number of rotatable bonds is 3. The van der Waals surface area contributed by atoms with Crippen molar-refractivity contribution in [3.63, 3.8) is 0 Å². The number of hydrogen-bond acceptors (Lipinski definition) is 3. The minimum absolute atomic E-state index is 0.555. The molecule has 7 heteroatoms. The van der Waals surface area contributed by atoms with Crippen molar-refractivity contribution in [3.05, 3.63) is 72.8 Å². The van der Waals surface area contributed by atoms with E-state index in [0.717, 1.165) is 22.3 Å². The largest absolute Gasteiger partial charge is 0.475 e. The van der Waals surface area contributed by atoms with Crippen molar-refractivity contribution in [2.24, 2.45) is 0 Å². The molecular weight excluding hydrogens is 358 g/mol. The number of hydrogen-bond donors (Lipinski definition) is 2. The normalized spacial score (nSPS) is 15.8. The molecule has 0 saturated heterocycles. The number of fused-ring (bicyclic) bond motifs is 3. The Morgan fingerprint density at radius 3 is 2.20 bits per heavy atom. The molecule has 1 aliphatic heterocycles. The highest BCUT2D eigenvalue weighted by Gasteiger charge is 2.35. The fourth-order valence-electron chi connectivity index (χ4n) is 2.87. The van der Waals surface area contributed by atoms with Gasteiger partial charge < -0.3 is 14.3 Å². The summed E-state index contributed by atoms with van der Waals surface area (Å²) < 4.78 is 22.4. The van der Waals surface area contributed by atoms with E-state index >= 15 is 0 Å². The van der Waals surface area contributed by atoms with Crippen molar-refractivity contribution in [1.82, 2.24) is 0 Å². The molecule has 0 radical (unpaired) electrons. The molecule has 126 valence electrons. The second-order valence-electron chi connectivity index (χ2n) is 5.48. The summed E-state index contributed by atoms with van der Waals surface area (Å²) in [5.74, 6) is 0.555. The molecule has 25 heavy (non-hydrogen) atoms. The zero-order chi connectivity index (χ0) is 17.4. The van der Waals surface area contributed by atoms with E-state index in [9.17, 15) is 14.4 Å². The van der Waals surface area contributed by atoms with E-state index in [1.54, 1.807) is 6.07 Å². The molecule has 0 aliphatic carbocycles. The van der Waals surface area contributed by atoms with Crippen LogP contribution < -0.4 is 9.83 Å². The van der Waals surface area contributed by atoms with Gasteiger partial charge in [-0.25, -0.2) is 8.88 Å². The van der Waals surface area contributed by atoms with Gasteiger partial charge in [0.05, 0.1) is 5.30 Å². The van der Waals surface area contributed by atoms with Crippen LogP contribution in [0.3, 0.4) is 0 Å². The Kier molecular flexibility index (Phi) is 4.20. The summed E-state index contributed by atoms with van der Waals surface area (Å²) in [5.41, 5.74) is 3.52. The lowest BCUT2D eigenvalue weighted by molar-refractivity contribution is 0.285. The first-order valence-electron chi connectivity index (χ1n) is 7.54. The molecule has 4 rings (SSSR count). The van der Waals surface area contributed by atoms with E-state index in [4.69, 9.17) is 8.83 Å². The molecule has 0 amide bonds. The van der Waals surface area contributed by atoms with E-state index in [0.29, 0.717) is 11.1 Å². The zero-order valence-corrected chi connectivity index (χ0v) is 14.7. The van der Waals surface area contributed by atoms with Gasteiger partial charge in [-0.15, -0.1) is 0 Å². The number of para-hydroxylation sites is 1. The fourth-order valence-corrected chi connectivity index (χ4v) is 5.32. The van der Waals surface area contributed by atoms with Gasteiger partial charge in [0.2, 0.25) is 0 Å². The zero-order valence-electron chi connectivity index (χ0n) is 12.9. The third-order valence-corrected chi connectivity index (χ3v) is 6.50. The Morgan fingerprint density at radius 1 is 0.800 bits per heavy atom. The van der Waals surface area contributed by atoms with E-state index in [2.05, 4.69) is 0 Å². The maximum Gasteiger partial charge on any atom is 0.475 e. The van der Waals surface area contributed by atoms with E-state index in [-0.39, 0.29) is 0 Å². The monoisotopic (exact) mass is 372 g/mol. The van der Waals surface area contributed by atoms with Crippen molar-refractivity contribution in [3.8, 4) is 28.0 Å². The van der Waals surface area contributed by atoms with Crippen LogP contribution in [0.5, 0.6) is 5.75 Å². The van der Waals surface area contributed by atoms with Gasteiger partial charge in [-0.1, -0.05) is 66.7 Å². The molecule has 3 aromatic rings. The average molecular weight is 372 g/mol. The van der Waals surface area contributed by atoms with Crippen LogP contribution in [0.4, 0.5) is 0 Å². The third kappa shape index (κ3) is 3.25. The second kappa shape index (κ2) is 6.38. The van der Waals surface area contributed by atoms with Crippen LogP contribution in [0.1, 0.15) is 0 Å².